The Morgan fingerprint density at radius 3 is 1.01 bits per heavy atom. The van der Waals surface area contributed by atoms with Gasteiger partial charge < -0.3 is 18.3 Å². The fraction of sp³-hybridized carbons (Fsp3) is 0. The zero-order valence-electron chi connectivity index (χ0n) is 48.5. The minimum atomic E-state index is 1.12. The molecule has 4 nitrogen and oxygen atoms in total. The highest BCUT2D eigenvalue weighted by molar-refractivity contribution is 7.26. The highest BCUT2D eigenvalue weighted by Crippen LogP contribution is 2.46. The van der Waals surface area contributed by atoms with Crippen molar-refractivity contribution in [3.8, 4) is 56.1 Å². The number of para-hydroxylation sites is 4. The van der Waals surface area contributed by atoms with E-state index in [0.29, 0.717) is 0 Å². The lowest BCUT2D eigenvalue weighted by molar-refractivity contribution is 1.18. The monoisotopic (exact) mass is 1180 g/mol. The molecule has 6 heteroatoms. The van der Waals surface area contributed by atoms with Gasteiger partial charge in [-0.3, -0.25) is 0 Å². The van der Waals surface area contributed by atoms with Gasteiger partial charge in [0.15, 0.2) is 0 Å². The van der Waals surface area contributed by atoms with Crippen molar-refractivity contribution in [1.82, 2.24) is 18.3 Å². The van der Waals surface area contributed by atoms with Gasteiger partial charge in [-0.2, -0.15) is 0 Å². The molecule has 0 bridgehead atoms. The Bertz CT molecular complexity index is 6420. The Hall–Kier alpha value is -11.3. The van der Waals surface area contributed by atoms with Gasteiger partial charge in [0.1, 0.15) is 0 Å². The van der Waals surface area contributed by atoms with Crippen LogP contribution >= 0.6 is 22.7 Å². The van der Waals surface area contributed by atoms with E-state index >= 15 is 0 Å². The van der Waals surface area contributed by atoms with Crippen molar-refractivity contribution in [3.63, 3.8) is 0 Å². The van der Waals surface area contributed by atoms with Gasteiger partial charge >= 0.3 is 0 Å². The number of benzene rings is 14. The zero-order valence-corrected chi connectivity index (χ0v) is 50.1. The van der Waals surface area contributed by atoms with E-state index < -0.39 is 0 Å². The van der Waals surface area contributed by atoms with Crippen LogP contribution in [0.2, 0.25) is 0 Å². The predicted molar refractivity (Wildman–Crippen MR) is 386 cm³/mol. The predicted octanol–water partition coefficient (Wildman–Crippen LogP) is 23.8. The third-order valence-corrected chi connectivity index (χ3v) is 21.6. The second-order valence-electron chi connectivity index (χ2n) is 23.9. The molecule has 0 aliphatic heterocycles. The van der Waals surface area contributed by atoms with Gasteiger partial charge in [0.2, 0.25) is 0 Å². The molecule has 418 valence electrons. The first-order valence-corrected chi connectivity index (χ1v) is 32.4. The fourth-order valence-electron chi connectivity index (χ4n) is 15.1. The lowest BCUT2D eigenvalue weighted by Gasteiger charge is -2.12. The van der Waals surface area contributed by atoms with E-state index in [0.717, 1.165) is 22.5 Å². The van der Waals surface area contributed by atoms with Crippen LogP contribution in [0.3, 0.4) is 0 Å². The van der Waals surface area contributed by atoms with Crippen molar-refractivity contribution in [2.45, 2.75) is 0 Å². The molecule has 20 rings (SSSR count). The molecule has 6 aromatic heterocycles. The smallest absolute Gasteiger partial charge is 0.0640 e. The number of nitrogens with zero attached hydrogens (tertiary/aromatic N) is 4. The van der Waals surface area contributed by atoms with Gasteiger partial charge in [0, 0.05) is 85.4 Å². The fourth-order valence-corrected chi connectivity index (χ4v) is 17.5. The van der Waals surface area contributed by atoms with E-state index in [2.05, 4.69) is 322 Å². The summed E-state index contributed by atoms with van der Waals surface area (Å²) >= 11 is 3.76. The van der Waals surface area contributed by atoms with Crippen molar-refractivity contribution in [1.29, 1.82) is 0 Å². The maximum absolute atomic E-state index is 2.48. The summed E-state index contributed by atoms with van der Waals surface area (Å²) in [5, 5.41) is 15.1. The van der Waals surface area contributed by atoms with Crippen molar-refractivity contribution in [2.24, 2.45) is 0 Å². The molecular weight excluding hydrogens is 1130 g/mol. The first-order chi connectivity index (χ1) is 44.6. The van der Waals surface area contributed by atoms with Crippen molar-refractivity contribution < 1.29 is 0 Å². The molecule has 0 N–H and O–H groups in total. The molecular formula is C84H50N4S2. The van der Waals surface area contributed by atoms with Gasteiger partial charge in [-0.25, -0.2) is 0 Å². The summed E-state index contributed by atoms with van der Waals surface area (Å²) in [6, 6.07) is 113. The summed E-state index contributed by atoms with van der Waals surface area (Å²) in [4.78, 5) is 0. The lowest BCUT2D eigenvalue weighted by Crippen LogP contribution is -1.95. The van der Waals surface area contributed by atoms with E-state index in [1.165, 1.54) is 161 Å². The van der Waals surface area contributed by atoms with Crippen LogP contribution in [0, 0.1) is 0 Å². The summed E-state index contributed by atoms with van der Waals surface area (Å²) in [5.74, 6) is 0. The number of thiophene rings is 2. The second-order valence-corrected chi connectivity index (χ2v) is 26.0. The highest BCUT2D eigenvalue weighted by Gasteiger charge is 2.22. The Balaban J connectivity index is 0.683. The maximum atomic E-state index is 2.48. The molecule has 0 spiro atoms. The van der Waals surface area contributed by atoms with Gasteiger partial charge in [-0.1, -0.05) is 182 Å². The Morgan fingerprint density at radius 1 is 0.178 bits per heavy atom. The van der Waals surface area contributed by atoms with E-state index in [9.17, 15) is 0 Å². The van der Waals surface area contributed by atoms with Crippen LogP contribution < -0.4 is 0 Å². The number of aromatic nitrogens is 4. The molecule has 0 aliphatic carbocycles. The molecule has 0 saturated heterocycles. The molecule has 6 heterocycles. The molecule has 20 aromatic rings. The standard InChI is InChI=1S/C84H50N4S2/c1-2-18-57(19-3-1)85-74-41-36-53(55-39-44-77-69(48-55)61-23-6-11-30-73(61)88(77)79-32-16-27-66-64-25-8-13-34-82(64)90-84(66)79)49-70(74)62-40-35-56(50-80(62)85)51-17-14-20-58(45-51)86-71-28-9-4-21-59(71)67-46-52(37-42-75(67)86)54-38-43-76-68(47-54)60-22-5-10-29-72(60)87(76)78-31-15-26-65-63-24-7-12-33-81(63)89-83(65)78/h1-50H. The molecule has 0 amide bonds. The Labute approximate surface area is 524 Å². The van der Waals surface area contributed by atoms with Crippen molar-refractivity contribution in [3.05, 3.63) is 303 Å². The van der Waals surface area contributed by atoms with Crippen LogP contribution in [-0.4, -0.2) is 18.3 Å². The summed E-state index contributed by atoms with van der Waals surface area (Å²) in [6.45, 7) is 0. The molecule has 14 aromatic carbocycles. The normalized spacial score (nSPS) is 12.2. The molecule has 0 saturated carbocycles. The average molecular weight is 1180 g/mol. The molecule has 0 unspecified atom stereocenters. The van der Waals surface area contributed by atoms with Gasteiger partial charge in [-0.05, 0) is 155 Å². The average Bonchev–Trinajstić information content (AvgIpc) is 1.63. The van der Waals surface area contributed by atoms with Crippen molar-refractivity contribution >= 4 is 150 Å². The first kappa shape index (κ1) is 49.8. The minimum Gasteiger partial charge on any atom is -0.309 e. The van der Waals surface area contributed by atoms with Crippen molar-refractivity contribution in [2.75, 3.05) is 0 Å². The van der Waals surface area contributed by atoms with Crippen LogP contribution in [0.1, 0.15) is 0 Å². The second kappa shape index (κ2) is 19.1. The largest absolute Gasteiger partial charge is 0.309 e. The number of fused-ring (bicyclic) bond motifs is 18. The topological polar surface area (TPSA) is 19.7 Å². The van der Waals surface area contributed by atoms with E-state index in [-0.39, 0.29) is 0 Å². The SMILES string of the molecule is c1ccc(-n2c3ccc(-c4ccc5c(c4)c4ccccc4n5-c4cccc5c4sc4ccccc45)cc3c3ccc(-c4cccc(-n5c6ccccc6c6cc(-c7ccc8c(c7)c7ccccc7n8-c7cccc8c7sc7ccccc78)ccc65)c4)cc32)cc1. The van der Waals surface area contributed by atoms with E-state index in [1.807, 2.05) is 22.7 Å². The summed E-state index contributed by atoms with van der Waals surface area (Å²) in [6.07, 6.45) is 0. The number of hydrogen-bond donors (Lipinski definition) is 0. The molecule has 0 aliphatic rings. The third kappa shape index (κ3) is 7.23. The minimum absolute atomic E-state index is 1.12. The quantitative estimate of drug-likeness (QED) is 0.152. The van der Waals surface area contributed by atoms with E-state index in [4.69, 9.17) is 0 Å². The molecule has 90 heavy (non-hydrogen) atoms. The zero-order chi connectivity index (χ0) is 58.7. The Morgan fingerprint density at radius 2 is 0.511 bits per heavy atom. The highest BCUT2D eigenvalue weighted by atomic mass is 32.1. The van der Waals surface area contributed by atoms with Crippen LogP contribution in [0.5, 0.6) is 0 Å². The van der Waals surface area contributed by atoms with Gasteiger partial charge in [0.25, 0.3) is 0 Å². The number of hydrogen-bond acceptors (Lipinski definition) is 2. The van der Waals surface area contributed by atoms with E-state index in [1.54, 1.807) is 0 Å². The summed E-state index contributed by atoms with van der Waals surface area (Å²) in [5.41, 5.74) is 21.4. The van der Waals surface area contributed by atoms with Crippen LogP contribution in [0.4, 0.5) is 0 Å². The van der Waals surface area contributed by atoms with Gasteiger partial charge in [0.05, 0.1) is 64.9 Å². The molecule has 0 radical (unpaired) electrons. The molecule has 0 atom stereocenters. The lowest BCUT2D eigenvalue weighted by atomic mass is 9.99. The first-order valence-electron chi connectivity index (χ1n) is 30.8. The summed E-state index contributed by atoms with van der Waals surface area (Å²) < 4.78 is 15.1. The van der Waals surface area contributed by atoms with Crippen LogP contribution in [-0.2, 0) is 0 Å². The molecule has 0 fully saturated rings. The van der Waals surface area contributed by atoms with Crippen LogP contribution in [0.15, 0.2) is 303 Å². The maximum Gasteiger partial charge on any atom is 0.0640 e. The summed E-state index contributed by atoms with van der Waals surface area (Å²) in [7, 11) is 0. The van der Waals surface area contributed by atoms with Crippen LogP contribution in [0.25, 0.3) is 184 Å². The number of rotatable bonds is 7. The third-order valence-electron chi connectivity index (χ3n) is 19.2. The Kier molecular flexibility index (Phi) is 10.6. The van der Waals surface area contributed by atoms with Gasteiger partial charge in [-0.15, -0.1) is 22.7 Å².